The third-order valence-corrected chi connectivity index (χ3v) is 6.10. The molecule has 0 saturated heterocycles. The van der Waals surface area contributed by atoms with E-state index in [0.29, 0.717) is 27.1 Å². The van der Waals surface area contributed by atoms with E-state index in [2.05, 4.69) is 15.3 Å². The molecule has 10 heteroatoms. The molecule has 33 heavy (non-hydrogen) atoms. The first-order valence-electron chi connectivity index (χ1n) is 9.51. The molecule has 168 valence electrons. The molecule has 0 spiro atoms. The Hall–Kier alpha value is -2.81. The highest BCUT2D eigenvalue weighted by Crippen LogP contribution is 2.34. The van der Waals surface area contributed by atoms with E-state index in [4.69, 9.17) is 23.2 Å². The fourth-order valence-corrected chi connectivity index (χ4v) is 4.17. The van der Waals surface area contributed by atoms with Gasteiger partial charge in [-0.15, -0.1) is 0 Å². The van der Waals surface area contributed by atoms with Crippen LogP contribution in [0.5, 0.6) is 0 Å². The van der Waals surface area contributed by atoms with Gasteiger partial charge >= 0.3 is 6.18 Å². The van der Waals surface area contributed by atoms with Gasteiger partial charge in [0.25, 0.3) is 5.91 Å². The summed E-state index contributed by atoms with van der Waals surface area (Å²) in [5.41, 5.74) is 1.87. The van der Waals surface area contributed by atoms with Gasteiger partial charge in [0, 0.05) is 22.5 Å². The Morgan fingerprint density at radius 3 is 2.36 bits per heavy atom. The highest BCUT2D eigenvalue weighted by Gasteiger charge is 2.31. The number of pyridine rings is 1. The van der Waals surface area contributed by atoms with Crippen LogP contribution < -0.4 is 5.32 Å². The first kappa shape index (κ1) is 23.4. The van der Waals surface area contributed by atoms with Crippen molar-refractivity contribution in [3.63, 3.8) is 0 Å². The lowest BCUT2D eigenvalue weighted by molar-refractivity contribution is -0.137. The van der Waals surface area contributed by atoms with Gasteiger partial charge in [-0.2, -0.15) is 13.2 Å². The Labute approximate surface area is 201 Å². The zero-order valence-corrected chi connectivity index (χ0v) is 19.0. The zero-order valence-electron chi connectivity index (χ0n) is 16.7. The number of aromatic nitrogens is 1. The number of carbonyl (C=O) groups excluding carboxylic acids is 1. The molecule has 4 rings (SSSR count). The fraction of sp³-hybridized carbons (Fsp3) is 0.0870. The third kappa shape index (κ3) is 5.76. The SMILES string of the molecule is O=C1NC(SCc2ccc(Cl)cc2)=N/C1=C/c1ccc(-c2ncc(C(F)(F)F)cc2Cl)cc1. The maximum atomic E-state index is 12.8. The van der Waals surface area contributed by atoms with Gasteiger partial charge in [-0.3, -0.25) is 15.1 Å². The van der Waals surface area contributed by atoms with Crippen LogP contribution in [0.25, 0.3) is 17.3 Å². The monoisotopic (exact) mass is 507 g/mol. The number of amides is 1. The van der Waals surface area contributed by atoms with E-state index in [9.17, 15) is 18.0 Å². The summed E-state index contributed by atoms with van der Waals surface area (Å²) >= 11 is 13.3. The Morgan fingerprint density at radius 2 is 1.73 bits per heavy atom. The summed E-state index contributed by atoms with van der Waals surface area (Å²) in [7, 11) is 0. The van der Waals surface area contributed by atoms with Crippen LogP contribution in [0, 0.1) is 0 Å². The van der Waals surface area contributed by atoms with Crippen LogP contribution in [0.3, 0.4) is 0 Å². The summed E-state index contributed by atoms with van der Waals surface area (Å²) in [6, 6.07) is 15.0. The molecule has 0 atom stereocenters. The van der Waals surface area contributed by atoms with Gasteiger partial charge < -0.3 is 0 Å². The molecule has 1 aromatic heterocycles. The zero-order chi connectivity index (χ0) is 23.6. The van der Waals surface area contributed by atoms with Gasteiger partial charge in [-0.1, -0.05) is 71.4 Å². The largest absolute Gasteiger partial charge is 0.417 e. The number of nitrogens with zero attached hydrogens (tertiary/aromatic N) is 2. The van der Waals surface area contributed by atoms with Gasteiger partial charge in [0.05, 0.1) is 16.3 Å². The molecule has 1 aliphatic heterocycles. The molecule has 1 N–H and O–H groups in total. The van der Waals surface area contributed by atoms with Crippen LogP contribution in [0.1, 0.15) is 16.7 Å². The molecular formula is C23H14Cl2F3N3OS. The number of benzene rings is 2. The van der Waals surface area contributed by atoms with Gasteiger partial charge in [-0.25, -0.2) is 4.99 Å². The van der Waals surface area contributed by atoms with Crippen LogP contribution in [-0.4, -0.2) is 16.1 Å². The van der Waals surface area contributed by atoms with Gasteiger partial charge in [0.15, 0.2) is 5.17 Å². The number of amidine groups is 1. The molecule has 2 aromatic carbocycles. The van der Waals surface area contributed by atoms with Crippen molar-refractivity contribution >= 4 is 52.1 Å². The summed E-state index contributed by atoms with van der Waals surface area (Å²) in [4.78, 5) is 20.4. The maximum Gasteiger partial charge on any atom is 0.417 e. The number of hydrogen-bond donors (Lipinski definition) is 1. The van der Waals surface area contributed by atoms with Gasteiger partial charge in [0.1, 0.15) is 5.70 Å². The van der Waals surface area contributed by atoms with Crippen molar-refractivity contribution in [3.05, 3.63) is 93.2 Å². The number of hydrogen-bond acceptors (Lipinski definition) is 4. The molecule has 3 aromatic rings. The van der Waals surface area contributed by atoms with Crippen molar-refractivity contribution in [3.8, 4) is 11.3 Å². The van der Waals surface area contributed by atoms with Crippen LogP contribution in [0.4, 0.5) is 13.2 Å². The Kier molecular flexibility index (Phi) is 6.78. The topological polar surface area (TPSA) is 54.4 Å². The lowest BCUT2D eigenvalue weighted by Crippen LogP contribution is -2.21. The van der Waals surface area contributed by atoms with Crippen molar-refractivity contribution in [1.29, 1.82) is 0 Å². The molecule has 1 aliphatic rings. The standard InChI is InChI=1S/C23H14Cl2F3N3OS/c24-17-7-3-14(4-8-17)12-33-22-30-19(21(32)31-22)9-13-1-5-15(6-2-13)20-18(25)10-16(11-29-20)23(26,27)28/h1-11H,12H2,(H,30,31,32)/b19-9+. The Balaban J connectivity index is 1.47. The lowest BCUT2D eigenvalue weighted by Gasteiger charge is -2.09. The molecule has 4 nitrogen and oxygen atoms in total. The highest BCUT2D eigenvalue weighted by atomic mass is 35.5. The van der Waals surface area contributed by atoms with Crippen LogP contribution >= 0.6 is 35.0 Å². The molecule has 0 bridgehead atoms. The molecule has 0 aliphatic carbocycles. The fourth-order valence-electron chi connectivity index (χ4n) is 2.95. The molecule has 0 radical (unpaired) electrons. The average molecular weight is 508 g/mol. The number of thioether (sulfide) groups is 1. The first-order valence-corrected chi connectivity index (χ1v) is 11.3. The number of alkyl halides is 3. The number of carbonyl (C=O) groups is 1. The molecule has 0 unspecified atom stereocenters. The number of aliphatic imine (C=N–C) groups is 1. The van der Waals surface area contributed by atoms with E-state index in [1.54, 1.807) is 42.5 Å². The number of halogens is 5. The van der Waals surface area contributed by atoms with E-state index in [0.717, 1.165) is 17.8 Å². The van der Waals surface area contributed by atoms with E-state index >= 15 is 0 Å². The smallest absolute Gasteiger partial charge is 0.300 e. The number of rotatable bonds is 4. The van der Waals surface area contributed by atoms with Crippen LogP contribution in [0.2, 0.25) is 10.0 Å². The lowest BCUT2D eigenvalue weighted by atomic mass is 10.1. The summed E-state index contributed by atoms with van der Waals surface area (Å²) in [5, 5.41) is 3.78. The Morgan fingerprint density at radius 1 is 1.03 bits per heavy atom. The normalized spacial score (nSPS) is 15.0. The first-order chi connectivity index (χ1) is 15.7. The summed E-state index contributed by atoms with van der Waals surface area (Å²) in [6.45, 7) is 0. The summed E-state index contributed by atoms with van der Waals surface area (Å²) < 4.78 is 38.4. The predicted molar refractivity (Wildman–Crippen MR) is 126 cm³/mol. The molecule has 2 heterocycles. The van der Waals surface area contributed by atoms with E-state index < -0.39 is 11.7 Å². The van der Waals surface area contributed by atoms with Crippen molar-refractivity contribution in [1.82, 2.24) is 10.3 Å². The van der Waals surface area contributed by atoms with Gasteiger partial charge in [-0.05, 0) is 35.4 Å². The summed E-state index contributed by atoms with van der Waals surface area (Å²) in [6.07, 6.45) is -2.14. The second kappa shape index (κ2) is 9.59. The molecule has 0 saturated carbocycles. The molecule has 0 fully saturated rings. The highest BCUT2D eigenvalue weighted by molar-refractivity contribution is 8.13. The quantitative estimate of drug-likeness (QED) is 0.393. The van der Waals surface area contributed by atoms with Crippen molar-refractivity contribution in [2.24, 2.45) is 4.99 Å². The minimum Gasteiger partial charge on any atom is -0.300 e. The second-order valence-corrected chi connectivity index (χ2v) is 8.80. The maximum absolute atomic E-state index is 12.8. The van der Waals surface area contributed by atoms with Gasteiger partial charge in [0.2, 0.25) is 0 Å². The third-order valence-electron chi connectivity index (χ3n) is 4.62. The minimum atomic E-state index is -4.51. The second-order valence-electron chi connectivity index (χ2n) is 6.99. The van der Waals surface area contributed by atoms with Crippen molar-refractivity contribution < 1.29 is 18.0 Å². The van der Waals surface area contributed by atoms with Crippen molar-refractivity contribution in [2.45, 2.75) is 11.9 Å². The van der Waals surface area contributed by atoms with Crippen LogP contribution in [0.15, 0.2) is 71.5 Å². The Bertz CT molecular complexity index is 1260. The van der Waals surface area contributed by atoms with E-state index in [1.165, 1.54) is 11.8 Å². The molecule has 1 amide bonds. The average Bonchev–Trinajstić information content (AvgIpc) is 3.12. The predicted octanol–water partition coefficient (Wildman–Crippen LogP) is 6.83. The minimum absolute atomic E-state index is 0.0990. The van der Waals surface area contributed by atoms with E-state index in [-0.39, 0.29) is 22.3 Å². The molecular weight excluding hydrogens is 494 g/mol. The summed E-state index contributed by atoms with van der Waals surface area (Å²) in [5.74, 6) is 0.309. The van der Waals surface area contributed by atoms with Crippen LogP contribution in [-0.2, 0) is 16.7 Å². The van der Waals surface area contributed by atoms with E-state index in [1.807, 2.05) is 12.1 Å². The van der Waals surface area contributed by atoms with Crippen molar-refractivity contribution in [2.75, 3.05) is 0 Å². The number of nitrogens with one attached hydrogen (secondary N) is 1.